The molecule has 2 N–H and O–H groups in total. The van der Waals surface area contributed by atoms with E-state index in [1.54, 1.807) is 31.2 Å². The highest BCUT2D eigenvalue weighted by Crippen LogP contribution is 2.21. The molecule has 122 valence electrons. The van der Waals surface area contributed by atoms with Gasteiger partial charge in [0.1, 0.15) is 5.75 Å². The van der Waals surface area contributed by atoms with Crippen molar-refractivity contribution in [3.8, 4) is 0 Å². The predicted molar refractivity (Wildman–Crippen MR) is 81.4 cm³/mol. The van der Waals surface area contributed by atoms with Gasteiger partial charge in [-0.2, -0.15) is 8.42 Å². The van der Waals surface area contributed by atoms with Crippen molar-refractivity contribution in [2.75, 3.05) is 10.7 Å². The first-order chi connectivity index (χ1) is 10.2. The third kappa shape index (κ3) is 5.12. The van der Waals surface area contributed by atoms with Crippen LogP contribution in [0.4, 0.5) is 5.69 Å². The summed E-state index contributed by atoms with van der Waals surface area (Å²) in [6.45, 7) is 3.58. The van der Waals surface area contributed by atoms with Crippen molar-refractivity contribution in [1.82, 2.24) is 0 Å². The van der Waals surface area contributed by atoms with Gasteiger partial charge < -0.3 is 5.11 Å². The lowest BCUT2D eigenvalue weighted by Crippen LogP contribution is -2.49. The van der Waals surface area contributed by atoms with Crippen LogP contribution in [-0.2, 0) is 19.7 Å². The molecule has 1 amide bonds. The van der Waals surface area contributed by atoms with Crippen molar-refractivity contribution >= 4 is 27.7 Å². The summed E-state index contributed by atoms with van der Waals surface area (Å²) < 4.78 is 31.1. The Bertz CT molecular complexity index is 638. The Morgan fingerprint density at radius 2 is 1.77 bits per heavy atom. The standard InChI is InChI=1S/C14H19NO6S/c1-3-4-13(16)15(11-7-5-10(2)6-8-11)12(14(17)18)9-22(19,20)21/h5-8,12H,3-4,9H2,1-2H3,(H,17,18)(H,19,20,21)/t12-/m0/s1. The minimum atomic E-state index is -4.55. The lowest BCUT2D eigenvalue weighted by Gasteiger charge is -2.28. The number of benzene rings is 1. The number of amides is 1. The second kappa shape index (κ2) is 7.37. The first kappa shape index (κ1) is 18.1. The summed E-state index contributed by atoms with van der Waals surface area (Å²) >= 11 is 0. The average Bonchev–Trinajstić information content (AvgIpc) is 2.39. The van der Waals surface area contributed by atoms with Gasteiger partial charge in [-0.25, -0.2) is 4.79 Å². The van der Waals surface area contributed by atoms with Crippen molar-refractivity contribution < 1.29 is 27.7 Å². The molecule has 8 heteroatoms. The van der Waals surface area contributed by atoms with E-state index in [-0.39, 0.29) is 12.1 Å². The molecule has 0 heterocycles. The third-order valence-corrected chi connectivity index (χ3v) is 3.75. The Hall–Kier alpha value is -1.93. The van der Waals surface area contributed by atoms with Gasteiger partial charge in [0.15, 0.2) is 6.04 Å². The van der Waals surface area contributed by atoms with E-state index in [1.165, 1.54) is 0 Å². The number of hydrogen-bond acceptors (Lipinski definition) is 4. The van der Waals surface area contributed by atoms with E-state index in [4.69, 9.17) is 4.55 Å². The van der Waals surface area contributed by atoms with E-state index >= 15 is 0 Å². The zero-order chi connectivity index (χ0) is 16.9. The van der Waals surface area contributed by atoms with Crippen LogP contribution in [-0.4, -0.2) is 41.7 Å². The van der Waals surface area contributed by atoms with Crippen LogP contribution in [0.2, 0.25) is 0 Å². The zero-order valence-electron chi connectivity index (χ0n) is 12.4. The molecule has 0 saturated carbocycles. The van der Waals surface area contributed by atoms with Crippen molar-refractivity contribution in [2.24, 2.45) is 0 Å². The number of carboxylic acids is 1. The smallest absolute Gasteiger partial charge is 0.327 e. The summed E-state index contributed by atoms with van der Waals surface area (Å²) in [4.78, 5) is 24.6. The molecule has 1 aromatic carbocycles. The highest BCUT2D eigenvalue weighted by Gasteiger charge is 2.34. The first-order valence-electron chi connectivity index (χ1n) is 6.72. The molecular weight excluding hydrogens is 310 g/mol. The third-order valence-electron chi connectivity index (χ3n) is 3.01. The number of aryl methyl sites for hydroxylation is 1. The Balaban J connectivity index is 3.30. The van der Waals surface area contributed by atoms with E-state index in [0.717, 1.165) is 10.5 Å². The molecular formula is C14H19NO6S. The summed E-state index contributed by atoms with van der Waals surface area (Å²) in [7, 11) is -4.55. The molecule has 0 aromatic heterocycles. The van der Waals surface area contributed by atoms with E-state index in [2.05, 4.69) is 0 Å². The fourth-order valence-corrected chi connectivity index (χ4v) is 2.68. The quantitative estimate of drug-likeness (QED) is 0.733. The van der Waals surface area contributed by atoms with Crippen LogP contribution in [0.15, 0.2) is 24.3 Å². The molecule has 22 heavy (non-hydrogen) atoms. The van der Waals surface area contributed by atoms with Gasteiger partial charge in [0.05, 0.1) is 0 Å². The fourth-order valence-electron chi connectivity index (χ4n) is 1.99. The van der Waals surface area contributed by atoms with Gasteiger partial charge in [-0.1, -0.05) is 24.6 Å². The number of nitrogens with zero attached hydrogens (tertiary/aromatic N) is 1. The maximum atomic E-state index is 12.2. The highest BCUT2D eigenvalue weighted by molar-refractivity contribution is 7.85. The Labute approximate surface area is 129 Å². The van der Waals surface area contributed by atoms with Gasteiger partial charge in [-0.05, 0) is 25.5 Å². The van der Waals surface area contributed by atoms with Crippen LogP contribution >= 0.6 is 0 Å². The molecule has 0 unspecified atom stereocenters. The normalized spacial score (nSPS) is 12.7. The topological polar surface area (TPSA) is 112 Å². The molecule has 0 fully saturated rings. The molecule has 1 rings (SSSR count). The van der Waals surface area contributed by atoms with Crippen LogP contribution in [0.3, 0.4) is 0 Å². The lowest BCUT2D eigenvalue weighted by molar-refractivity contribution is -0.139. The molecule has 0 bridgehead atoms. The Kier molecular flexibility index (Phi) is 6.07. The van der Waals surface area contributed by atoms with Crippen molar-refractivity contribution in [1.29, 1.82) is 0 Å². The molecule has 0 saturated heterocycles. The monoisotopic (exact) mass is 329 g/mol. The molecule has 7 nitrogen and oxygen atoms in total. The van der Waals surface area contributed by atoms with Crippen LogP contribution in [0.1, 0.15) is 25.3 Å². The molecule has 0 aliphatic rings. The maximum Gasteiger partial charge on any atom is 0.327 e. The molecule has 1 aromatic rings. The largest absolute Gasteiger partial charge is 0.480 e. The van der Waals surface area contributed by atoms with Gasteiger partial charge in [0, 0.05) is 12.1 Å². The van der Waals surface area contributed by atoms with Gasteiger partial charge in [0.2, 0.25) is 5.91 Å². The number of hydrogen-bond donors (Lipinski definition) is 2. The van der Waals surface area contributed by atoms with Gasteiger partial charge in [0.25, 0.3) is 10.1 Å². The summed E-state index contributed by atoms with van der Waals surface area (Å²) in [5.41, 5.74) is 1.19. The van der Waals surface area contributed by atoms with Crippen LogP contribution in [0, 0.1) is 6.92 Å². The second-order valence-electron chi connectivity index (χ2n) is 4.95. The SMILES string of the molecule is CCCC(=O)N(c1ccc(C)cc1)[C@@H](CS(=O)(=O)O)C(=O)O. The van der Waals surface area contributed by atoms with E-state index in [9.17, 15) is 23.1 Å². The molecule has 1 atom stereocenters. The number of rotatable bonds is 7. The van der Waals surface area contributed by atoms with Crippen molar-refractivity contribution in [3.63, 3.8) is 0 Å². The van der Waals surface area contributed by atoms with Crippen LogP contribution < -0.4 is 4.90 Å². The molecule has 0 radical (unpaired) electrons. The van der Waals surface area contributed by atoms with Crippen LogP contribution in [0.25, 0.3) is 0 Å². The van der Waals surface area contributed by atoms with Crippen molar-refractivity contribution in [2.45, 2.75) is 32.7 Å². The fraction of sp³-hybridized carbons (Fsp3) is 0.429. The molecule has 0 aliphatic heterocycles. The average molecular weight is 329 g/mol. The number of carboxylic acid groups (broad SMARTS) is 1. The summed E-state index contributed by atoms with van der Waals surface area (Å²) in [5, 5.41) is 9.27. The minimum Gasteiger partial charge on any atom is -0.480 e. The number of anilines is 1. The highest BCUT2D eigenvalue weighted by atomic mass is 32.2. The van der Waals surface area contributed by atoms with E-state index in [1.807, 2.05) is 6.92 Å². The van der Waals surface area contributed by atoms with Gasteiger partial charge in [-0.15, -0.1) is 0 Å². The molecule has 0 spiro atoms. The Morgan fingerprint density at radius 1 is 1.23 bits per heavy atom. The van der Waals surface area contributed by atoms with Crippen molar-refractivity contribution in [3.05, 3.63) is 29.8 Å². The minimum absolute atomic E-state index is 0.0726. The van der Waals surface area contributed by atoms with Gasteiger partial charge >= 0.3 is 5.97 Å². The molecule has 0 aliphatic carbocycles. The van der Waals surface area contributed by atoms with E-state index in [0.29, 0.717) is 6.42 Å². The van der Waals surface area contributed by atoms with E-state index < -0.39 is 33.8 Å². The van der Waals surface area contributed by atoms with Gasteiger partial charge in [-0.3, -0.25) is 14.2 Å². The number of carbonyl (C=O) groups excluding carboxylic acids is 1. The summed E-state index contributed by atoms with van der Waals surface area (Å²) in [6.07, 6.45) is 0.558. The number of carbonyl (C=O) groups is 2. The second-order valence-corrected chi connectivity index (χ2v) is 6.45. The maximum absolute atomic E-state index is 12.2. The lowest BCUT2D eigenvalue weighted by atomic mass is 10.1. The van der Waals surface area contributed by atoms with Crippen LogP contribution in [0.5, 0.6) is 0 Å². The predicted octanol–water partition coefficient (Wildman–Crippen LogP) is 1.47. The summed E-state index contributed by atoms with van der Waals surface area (Å²) in [6, 6.07) is 4.78. The number of aliphatic carboxylic acids is 1. The first-order valence-corrected chi connectivity index (χ1v) is 8.33. The summed E-state index contributed by atoms with van der Waals surface area (Å²) in [5.74, 6) is -3.07. The zero-order valence-corrected chi connectivity index (χ0v) is 13.2. The Morgan fingerprint density at radius 3 is 2.18 bits per heavy atom.